The van der Waals surface area contributed by atoms with E-state index >= 15 is 0 Å². The summed E-state index contributed by atoms with van der Waals surface area (Å²) in [6.07, 6.45) is 0.267. The summed E-state index contributed by atoms with van der Waals surface area (Å²) in [6, 6.07) is 14.2. The molecule has 0 spiro atoms. The summed E-state index contributed by atoms with van der Waals surface area (Å²) in [7, 11) is 0. The van der Waals surface area contributed by atoms with Gasteiger partial charge in [-0.15, -0.1) is 0 Å². The van der Waals surface area contributed by atoms with Crippen LogP contribution < -0.4 is 15.1 Å². The number of amides is 2. The Bertz CT molecular complexity index is 827. The Morgan fingerprint density at radius 2 is 1.62 bits per heavy atom. The Balaban J connectivity index is 2.00. The van der Waals surface area contributed by atoms with E-state index < -0.39 is 0 Å². The molecular formula is C24H33N3O2. The van der Waals surface area contributed by atoms with Gasteiger partial charge in [0.15, 0.2) is 0 Å². The SMILES string of the molecule is CCN(CC)c1ccc(N(CCC(=O)NCc2ccc(C)cc2)C(C)=O)c(C)c1. The van der Waals surface area contributed by atoms with Crippen LogP contribution in [0.3, 0.4) is 0 Å². The van der Waals surface area contributed by atoms with Crippen molar-refractivity contribution in [2.24, 2.45) is 0 Å². The van der Waals surface area contributed by atoms with Gasteiger partial charge < -0.3 is 15.1 Å². The molecule has 0 unspecified atom stereocenters. The minimum absolute atomic E-state index is 0.0602. The van der Waals surface area contributed by atoms with Crippen LogP contribution in [-0.2, 0) is 16.1 Å². The number of carbonyl (C=O) groups excluding carboxylic acids is 2. The van der Waals surface area contributed by atoms with Crippen molar-refractivity contribution in [1.82, 2.24) is 5.32 Å². The fourth-order valence-electron chi connectivity index (χ4n) is 3.38. The fourth-order valence-corrected chi connectivity index (χ4v) is 3.38. The van der Waals surface area contributed by atoms with Crippen molar-refractivity contribution in [3.8, 4) is 0 Å². The molecule has 0 bridgehead atoms. The molecule has 0 aromatic heterocycles. The second-order valence-corrected chi connectivity index (χ2v) is 7.33. The lowest BCUT2D eigenvalue weighted by Gasteiger charge is -2.26. The Morgan fingerprint density at radius 1 is 0.966 bits per heavy atom. The topological polar surface area (TPSA) is 52.6 Å². The average molecular weight is 396 g/mol. The van der Waals surface area contributed by atoms with Crippen molar-refractivity contribution in [2.45, 2.75) is 47.6 Å². The number of hydrogen-bond acceptors (Lipinski definition) is 3. The Hall–Kier alpha value is -2.82. The van der Waals surface area contributed by atoms with Gasteiger partial charge in [-0.05, 0) is 57.0 Å². The van der Waals surface area contributed by atoms with Crippen molar-refractivity contribution < 1.29 is 9.59 Å². The zero-order valence-corrected chi connectivity index (χ0v) is 18.3. The van der Waals surface area contributed by atoms with E-state index in [1.165, 1.54) is 5.56 Å². The van der Waals surface area contributed by atoms with Crippen LogP contribution in [0.15, 0.2) is 42.5 Å². The van der Waals surface area contributed by atoms with Gasteiger partial charge in [0.1, 0.15) is 0 Å². The molecule has 2 aromatic carbocycles. The zero-order valence-electron chi connectivity index (χ0n) is 18.3. The second kappa shape index (κ2) is 10.6. The van der Waals surface area contributed by atoms with Crippen LogP contribution in [0.5, 0.6) is 0 Å². The van der Waals surface area contributed by atoms with Gasteiger partial charge in [0.2, 0.25) is 11.8 Å². The highest BCUT2D eigenvalue weighted by atomic mass is 16.2. The average Bonchev–Trinajstić information content (AvgIpc) is 2.69. The van der Waals surface area contributed by atoms with Crippen molar-refractivity contribution in [1.29, 1.82) is 0 Å². The summed E-state index contributed by atoms with van der Waals surface area (Å²) in [4.78, 5) is 28.5. The summed E-state index contributed by atoms with van der Waals surface area (Å²) in [6.45, 7) is 12.6. The van der Waals surface area contributed by atoms with E-state index in [4.69, 9.17) is 0 Å². The van der Waals surface area contributed by atoms with Gasteiger partial charge in [-0.3, -0.25) is 9.59 Å². The Labute approximate surface area is 174 Å². The van der Waals surface area contributed by atoms with Gasteiger partial charge in [0.05, 0.1) is 0 Å². The highest BCUT2D eigenvalue weighted by Crippen LogP contribution is 2.26. The summed E-state index contributed by atoms with van der Waals surface area (Å²) < 4.78 is 0. The van der Waals surface area contributed by atoms with E-state index in [0.29, 0.717) is 13.1 Å². The van der Waals surface area contributed by atoms with Crippen LogP contribution in [0.2, 0.25) is 0 Å². The largest absolute Gasteiger partial charge is 0.372 e. The highest BCUT2D eigenvalue weighted by Gasteiger charge is 2.16. The molecule has 0 heterocycles. The maximum atomic E-state index is 12.3. The predicted molar refractivity (Wildman–Crippen MR) is 120 cm³/mol. The van der Waals surface area contributed by atoms with Gasteiger partial charge in [-0.1, -0.05) is 29.8 Å². The van der Waals surface area contributed by atoms with Crippen LogP contribution in [0, 0.1) is 13.8 Å². The molecule has 0 aliphatic carbocycles. The van der Waals surface area contributed by atoms with Crippen LogP contribution in [-0.4, -0.2) is 31.4 Å². The number of rotatable bonds is 9. The first-order valence-electron chi connectivity index (χ1n) is 10.3. The third kappa shape index (κ3) is 6.34. The Kier molecular flexibility index (Phi) is 8.25. The lowest BCUT2D eigenvalue weighted by atomic mass is 10.1. The second-order valence-electron chi connectivity index (χ2n) is 7.33. The van der Waals surface area contributed by atoms with Gasteiger partial charge >= 0.3 is 0 Å². The first kappa shape index (κ1) is 22.5. The maximum absolute atomic E-state index is 12.3. The molecule has 2 aromatic rings. The number of carbonyl (C=O) groups is 2. The molecular weight excluding hydrogens is 362 g/mol. The number of aryl methyl sites for hydroxylation is 2. The summed E-state index contributed by atoms with van der Waals surface area (Å²) in [5.74, 6) is -0.121. The van der Waals surface area contributed by atoms with Crippen LogP contribution >= 0.6 is 0 Å². The van der Waals surface area contributed by atoms with Gasteiger partial charge in [-0.25, -0.2) is 0 Å². The number of benzene rings is 2. The molecule has 5 nitrogen and oxygen atoms in total. The quantitative estimate of drug-likeness (QED) is 0.692. The molecule has 0 fully saturated rings. The number of nitrogens with zero attached hydrogens (tertiary/aromatic N) is 2. The minimum atomic E-state index is -0.0609. The fraction of sp³-hybridized carbons (Fsp3) is 0.417. The standard InChI is InChI=1S/C24H33N3O2/c1-6-26(7-2)22-12-13-23(19(4)16-22)27(20(5)28)15-14-24(29)25-17-21-10-8-18(3)9-11-21/h8-13,16H,6-7,14-15,17H2,1-5H3,(H,25,29). The molecule has 0 aliphatic rings. The van der Waals surface area contributed by atoms with E-state index in [9.17, 15) is 9.59 Å². The summed E-state index contributed by atoms with van der Waals surface area (Å²) in [5.41, 5.74) is 5.30. The number of anilines is 2. The smallest absolute Gasteiger partial charge is 0.223 e. The molecule has 0 saturated heterocycles. The third-order valence-corrected chi connectivity index (χ3v) is 5.15. The lowest BCUT2D eigenvalue weighted by molar-refractivity contribution is -0.121. The molecule has 2 amide bonds. The van der Waals surface area contributed by atoms with Crippen molar-refractivity contribution in [2.75, 3.05) is 29.4 Å². The molecule has 0 aliphatic heterocycles. The molecule has 1 N–H and O–H groups in total. The van der Waals surface area contributed by atoms with Gasteiger partial charge in [0.25, 0.3) is 0 Å². The third-order valence-electron chi connectivity index (χ3n) is 5.15. The monoisotopic (exact) mass is 395 g/mol. The van der Waals surface area contributed by atoms with Crippen molar-refractivity contribution in [3.63, 3.8) is 0 Å². The van der Waals surface area contributed by atoms with E-state index in [-0.39, 0.29) is 18.2 Å². The highest BCUT2D eigenvalue weighted by molar-refractivity contribution is 5.93. The minimum Gasteiger partial charge on any atom is -0.372 e. The first-order chi connectivity index (χ1) is 13.8. The normalized spacial score (nSPS) is 10.5. The molecule has 156 valence electrons. The molecule has 0 saturated carbocycles. The van der Waals surface area contributed by atoms with Crippen LogP contribution in [0.25, 0.3) is 0 Å². The molecule has 5 heteroatoms. The van der Waals surface area contributed by atoms with E-state index in [0.717, 1.165) is 35.6 Å². The summed E-state index contributed by atoms with van der Waals surface area (Å²) in [5, 5.41) is 2.93. The van der Waals surface area contributed by atoms with Crippen LogP contribution in [0.1, 0.15) is 43.9 Å². The molecule has 0 radical (unpaired) electrons. The zero-order chi connectivity index (χ0) is 21.4. The van der Waals surface area contributed by atoms with E-state index in [2.05, 4.69) is 30.1 Å². The molecule has 29 heavy (non-hydrogen) atoms. The van der Waals surface area contributed by atoms with Gasteiger partial charge in [-0.2, -0.15) is 0 Å². The lowest BCUT2D eigenvalue weighted by Crippen LogP contribution is -2.34. The summed E-state index contributed by atoms with van der Waals surface area (Å²) >= 11 is 0. The molecule has 0 atom stereocenters. The number of hydrogen-bond donors (Lipinski definition) is 1. The maximum Gasteiger partial charge on any atom is 0.223 e. The van der Waals surface area contributed by atoms with E-state index in [1.807, 2.05) is 50.2 Å². The Morgan fingerprint density at radius 3 is 2.17 bits per heavy atom. The van der Waals surface area contributed by atoms with Crippen molar-refractivity contribution >= 4 is 23.2 Å². The van der Waals surface area contributed by atoms with Crippen molar-refractivity contribution in [3.05, 3.63) is 59.2 Å². The van der Waals surface area contributed by atoms with Gasteiger partial charge in [0, 0.05) is 50.9 Å². The predicted octanol–water partition coefficient (Wildman–Crippen LogP) is 4.21. The van der Waals surface area contributed by atoms with Crippen LogP contribution in [0.4, 0.5) is 11.4 Å². The molecule has 2 rings (SSSR count). The van der Waals surface area contributed by atoms with E-state index in [1.54, 1.807) is 11.8 Å². The first-order valence-corrected chi connectivity index (χ1v) is 10.3. The number of nitrogens with one attached hydrogen (secondary N) is 1.